The van der Waals surface area contributed by atoms with Crippen LogP contribution in [-0.2, 0) is 20.8 Å². The molecule has 0 radical (unpaired) electrons. The van der Waals surface area contributed by atoms with E-state index in [-0.39, 0.29) is 24.4 Å². The zero-order valence-electron chi connectivity index (χ0n) is 34.1. The van der Waals surface area contributed by atoms with Gasteiger partial charge in [0.05, 0.1) is 18.1 Å². The van der Waals surface area contributed by atoms with Gasteiger partial charge >= 0.3 is 0 Å². The van der Waals surface area contributed by atoms with Crippen molar-refractivity contribution < 1.29 is 14.3 Å². The van der Waals surface area contributed by atoms with Crippen molar-refractivity contribution in [3.8, 4) is 0 Å². The second-order valence-electron chi connectivity index (χ2n) is 15.7. The van der Waals surface area contributed by atoms with Crippen LogP contribution in [0.2, 0.25) is 0 Å². The number of rotatable bonds is 36. The van der Waals surface area contributed by atoms with E-state index in [4.69, 9.17) is 9.47 Å². The number of piperidine rings is 1. The lowest BCUT2D eigenvalue weighted by Gasteiger charge is -2.37. The Labute approximate surface area is 328 Å². The zero-order valence-corrected chi connectivity index (χ0v) is 35.0. The second kappa shape index (κ2) is 35.5. The van der Waals surface area contributed by atoms with Gasteiger partial charge in [0.25, 0.3) is 0 Å². The van der Waals surface area contributed by atoms with Crippen molar-refractivity contribution in [3.63, 3.8) is 0 Å². The summed E-state index contributed by atoms with van der Waals surface area (Å²) in [6, 6.07) is 10.5. The maximum Gasteiger partial charge on any atom is 0.227 e. The van der Waals surface area contributed by atoms with Crippen molar-refractivity contribution in [2.24, 2.45) is 5.41 Å². The first-order chi connectivity index (χ1) is 25.2. The SMILES string of the molecule is CCCCCCCCCCCCCCOCC(CNC(=O)C1(CNCc2ccccc2)CCNCC1)OCCCCCCCCCCCCCC.Cl. The highest BCUT2D eigenvalue weighted by Crippen LogP contribution is 2.28. The Hall–Kier alpha value is -1.18. The first-order valence-electron chi connectivity index (χ1n) is 22.1. The van der Waals surface area contributed by atoms with Crippen LogP contribution >= 0.6 is 12.4 Å². The number of carbonyl (C=O) groups is 1. The van der Waals surface area contributed by atoms with Crippen LogP contribution < -0.4 is 16.0 Å². The molecule has 1 aromatic carbocycles. The summed E-state index contributed by atoms with van der Waals surface area (Å²) >= 11 is 0. The molecule has 0 aliphatic carbocycles. The topological polar surface area (TPSA) is 71.6 Å². The molecule has 3 N–H and O–H groups in total. The summed E-state index contributed by atoms with van der Waals surface area (Å²) in [5, 5.41) is 10.4. The summed E-state index contributed by atoms with van der Waals surface area (Å²) in [6.45, 7) is 10.4. The Kier molecular flexibility index (Phi) is 33.4. The maximum atomic E-state index is 13.8. The minimum atomic E-state index is -0.393. The van der Waals surface area contributed by atoms with Gasteiger partial charge in [0, 0.05) is 32.8 Å². The van der Waals surface area contributed by atoms with Gasteiger partial charge in [-0.05, 0) is 44.3 Å². The van der Waals surface area contributed by atoms with E-state index in [1.807, 2.05) is 6.07 Å². The van der Waals surface area contributed by atoms with E-state index in [1.54, 1.807) is 0 Å². The largest absolute Gasteiger partial charge is 0.379 e. The van der Waals surface area contributed by atoms with E-state index >= 15 is 0 Å². The highest BCUT2D eigenvalue weighted by atomic mass is 35.5. The quantitative estimate of drug-likeness (QED) is 0.0596. The molecule has 0 aromatic heterocycles. The summed E-state index contributed by atoms with van der Waals surface area (Å²) in [4.78, 5) is 13.8. The monoisotopic (exact) mass is 750 g/mol. The van der Waals surface area contributed by atoms with E-state index in [0.29, 0.717) is 19.7 Å². The number of ether oxygens (including phenoxy) is 2. The number of amides is 1. The molecule has 1 aliphatic heterocycles. The molecule has 1 amide bonds. The van der Waals surface area contributed by atoms with Crippen LogP contribution in [0.5, 0.6) is 0 Å². The fourth-order valence-corrected chi connectivity index (χ4v) is 7.44. The van der Waals surface area contributed by atoms with Crippen molar-refractivity contribution in [3.05, 3.63) is 35.9 Å². The first-order valence-corrected chi connectivity index (χ1v) is 22.1. The van der Waals surface area contributed by atoms with E-state index in [2.05, 4.69) is 54.1 Å². The van der Waals surface area contributed by atoms with Gasteiger partial charge in [0.15, 0.2) is 0 Å². The van der Waals surface area contributed by atoms with E-state index in [1.165, 1.54) is 147 Å². The van der Waals surface area contributed by atoms with Gasteiger partial charge in [-0.25, -0.2) is 0 Å². The number of hydrogen-bond acceptors (Lipinski definition) is 5. The van der Waals surface area contributed by atoms with Gasteiger partial charge in [0.1, 0.15) is 0 Å². The zero-order chi connectivity index (χ0) is 36.3. The van der Waals surface area contributed by atoms with Gasteiger partial charge < -0.3 is 25.4 Å². The molecule has 1 aliphatic rings. The molecule has 1 heterocycles. The highest BCUT2D eigenvalue weighted by Gasteiger charge is 2.39. The molecule has 0 saturated carbocycles. The Morgan fingerprint density at radius 2 is 1.13 bits per heavy atom. The normalized spacial score (nSPS) is 14.6. The minimum absolute atomic E-state index is 0. The highest BCUT2D eigenvalue weighted by molar-refractivity contribution is 5.85. The third-order valence-corrected chi connectivity index (χ3v) is 11.0. The van der Waals surface area contributed by atoms with E-state index in [0.717, 1.165) is 58.5 Å². The molecule has 0 bridgehead atoms. The predicted molar refractivity (Wildman–Crippen MR) is 226 cm³/mol. The van der Waals surface area contributed by atoms with Crippen molar-refractivity contribution >= 4 is 18.3 Å². The number of carbonyl (C=O) groups excluding carboxylic acids is 1. The van der Waals surface area contributed by atoms with Crippen LogP contribution in [0.15, 0.2) is 30.3 Å². The van der Waals surface area contributed by atoms with Crippen molar-refractivity contribution in [2.75, 3.05) is 46.0 Å². The van der Waals surface area contributed by atoms with Crippen LogP contribution in [0, 0.1) is 5.41 Å². The fourth-order valence-electron chi connectivity index (χ4n) is 7.44. The van der Waals surface area contributed by atoms with Crippen LogP contribution in [0.3, 0.4) is 0 Å². The lowest BCUT2D eigenvalue weighted by atomic mass is 9.77. The molecule has 1 atom stereocenters. The van der Waals surface area contributed by atoms with Crippen LogP contribution in [-0.4, -0.2) is 58.0 Å². The van der Waals surface area contributed by atoms with E-state index in [9.17, 15) is 4.79 Å². The minimum Gasteiger partial charge on any atom is -0.379 e. The summed E-state index contributed by atoms with van der Waals surface area (Å²) in [5.74, 6) is 0.157. The van der Waals surface area contributed by atoms with Crippen LogP contribution in [0.4, 0.5) is 0 Å². The maximum absolute atomic E-state index is 13.8. The molecule has 1 fully saturated rings. The molecule has 2 rings (SSSR count). The lowest BCUT2D eigenvalue weighted by Crippen LogP contribution is -2.53. The van der Waals surface area contributed by atoms with Gasteiger partial charge in [-0.15, -0.1) is 12.4 Å². The van der Waals surface area contributed by atoms with Crippen molar-refractivity contribution in [2.45, 2.75) is 193 Å². The van der Waals surface area contributed by atoms with E-state index < -0.39 is 5.41 Å². The average Bonchev–Trinajstić information content (AvgIpc) is 3.16. The third kappa shape index (κ3) is 25.8. The Morgan fingerprint density at radius 1 is 0.673 bits per heavy atom. The Balaban J connectivity index is 0.0000135. The Morgan fingerprint density at radius 3 is 1.63 bits per heavy atom. The standard InChI is InChI=1S/C45H83N3O3.ClH/c1-3-5-7-9-11-13-15-17-19-21-23-28-36-50-40-43(51-37-29-24-22-20-18-16-14-12-10-8-6-4-2)39-48-44(49)45(32-34-46-35-33-45)41-47-38-42-30-26-25-27-31-42;/h25-27,30-31,43,46-47H,3-24,28-29,32-41H2,1-2H3,(H,48,49);1H. The molecule has 52 heavy (non-hydrogen) atoms. The average molecular weight is 751 g/mol. The molecule has 6 nitrogen and oxygen atoms in total. The Bertz CT molecular complexity index is 899. The smallest absolute Gasteiger partial charge is 0.227 e. The molecule has 0 spiro atoms. The molecule has 304 valence electrons. The van der Waals surface area contributed by atoms with Gasteiger partial charge in [-0.2, -0.15) is 0 Å². The molecular formula is C45H84ClN3O3. The first kappa shape index (κ1) is 48.8. The number of nitrogens with one attached hydrogen (secondary N) is 3. The summed E-state index contributed by atoms with van der Waals surface area (Å²) < 4.78 is 12.6. The van der Waals surface area contributed by atoms with Gasteiger partial charge in [-0.3, -0.25) is 4.79 Å². The number of benzene rings is 1. The number of hydrogen-bond donors (Lipinski definition) is 3. The predicted octanol–water partition coefficient (Wildman–Crippen LogP) is 11.5. The third-order valence-electron chi connectivity index (χ3n) is 11.0. The van der Waals surface area contributed by atoms with Gasteiger partial charge in [-0.1, -0.05) is 185 Å². The number of unbranched alkanes of at least 4 members (excludes halogenated alkanes) is 22. The second-order valence-corrected chi connectivity index (χ2v) is 15.7. The number of halogens is 1. The van der Waals surface area contributed by atoms with Crippen molar-refractivity contribution in [1.82, 2.24) is 16.0 Å². The lowest BCUT2D eigenvalue weighted by molar-refractivity contribution is -0.133. The molecule has 1 aromatic rings. The fraction of sp³-hybridized carbons (Fsp3) is 0.844. The molecule has 1 saturated heterocycles. The van der Waals surface area contributed by atoms with Crippen LogP contribution in [0.1, 0.15) is 186 Å². The molecular weight excluding hydrogens is 666 g/mol. The summed E-state index contributed by atoms with van der Waals surface area (Å²) in [7, 11) is 0. The molecule has 7 heteroatoms. The van der Waals surface area contributed by atoms with Crippen LogP contribution in [0.25, 0.3) is 0 Å². The van der Waals surface area contributed by atoms with Crippen molar-refractivity contribution in [1.29, 1.82) is 0 Å². The summed E-state index contributed by atoms with van der Waals surface area (Å²) in [6.07, 6.45) is 33.8. The summed E-state index contributed by atoms with van der Waals surface area (Å²) in [5.41, 5.74) is 0.856. The molecule has 1 unspecified atom stereocenters. The van der Waals surface area contributed by atoms with Gasteiger partial charge in [0.2, 0.25) is 5.91 Å².